The van der Waals surface area contributed by atoms with Crippen LogP contribution in [0.1, 0.15) is 38.6 Å². The average Bonchev–Trinajstić information content (AvgIpc) is 3.33. The number of carbonyl (C=O) groups excluding carboxylic acids is 2. The molecule has 1 aromatic heterocycles. The van der Waals surface area contributed by atoms with Crippen molar-refractivity contribution in [2.75, 3.05) is 32.8 Å². The fourth-order valence-corrected chi connectivity index (χ4v) is 4.19. The van der Waals surface area contributed by atoms with E-state index >= 15 is 0 Å². The highest BCUT2D eigenvalue weighted by molar-refractivity contribution is 5.82. The Bertz CT molecular complexity index is 870. The predicted octanol–water partition coefficient (Wildman–Crippen LogP) is 2.21. The van der Waals surface area contributed by atoms with E-state index in [1.54, 1.807) is 0 Å². The standard InChI is InChI=1S/C21H28N4O3/c1-15(2)21(27)24-9-5-8-18(24)20-22-16-6-3-4-7-17(16)25(20)14-19(26)23-10-12-28-13-11-23/h3-4,6-7,15,18H,5,8-14H2,1-2H3/t18-/m0/s1. The van der Waals surface area contributed by atoms with Crippen LogP contribution in [-0.2, 0) is 20.9 Å². The maximum absolute atomic E-state index is 12.9. The van der Waals surface area contributed by atoms with Crippen LogP contribution in [0.3, 0.4) is 0 Å². The number of carbonyl (C=O) groups is 2. The molecule has 2 aliphatic rings. The van der Waals surface area contributed by atoms with Gasteiger partial charge in [-0.3, -0.25) is 9.59 Å². The van der Waals surface area contributed by atoms with Gasteiger partial charge in [-0.25, -0.2) is 4.98 Å². The maximum Gasteiger partial charge on any atom is 0.242 e. The van der Waals surface area contributed by atoms with Crippen LogP contribution in [0, 0.1) is 5.92 Å². The topological polar surface area (TPSA) is 67.7 Å². The molecule has 28 heavy (non-hydrogen) atoms. The molecule has 2 aromatic rings. The first-order valence-corrected chi connectivity index (χ1v) is 10.2. The van der Waals surface area contributed by atoms with Gasteiger partial charge >= 0.3 is 0 Å². The first kappa shape index (κ1) is 18.9. The molecule has 2 aliphatic heterocycles. The number of aromatic nitrogens is 2. The number of para-hydroxylation sites is 2. The van der Waals surface area contributed by atoms with Gasteiger partial charge < -0.3 is 19.1 Å². The molecule has 7 nitrogen and oxygen atoms in total. The quantitative estimate of drug-likeness (QED) is 0.811. The molecule has 2 saturated heterocycles. The highest BCUT2D eigenvalue weighted by atomic mass is 16.5. The van der Waals surface area contributed by atoms with Crippen molar-refractivity contribution in [3.05, 3.63) is 30.1 Å². The zero-order chi connectivity index (χ0) is 19.7. The molecule has 0 N–H and O–H groups in total. The van der Waals surface area contributed by atoms with E-state index in [-0.39, 0.29) is 30.3 Å². The van der Waals surface area contributed by atoms with Crippen LogP contribution >= 0.6 is 0 Å². The minimum Gasteiger partial charge on any atom is -0.378 e. The summed E-state index contributed by atoms with van der Waals surface area (Å²) >= 11 is 0. The fraction of sp³-hybridized carbons (Fsp3) is 0.571. The molecular formula is C21H28N4O3. The highest BCUT2D eigenvalue weighted by Gasteiger charge is 2.35. The second-order valence-electron chi connectivity index (χ2n) is 7.88. The summed E-state index contributed by atoms with van der Waals surface area (Å²) in [6, 6.07) is 7.83. The van der Waals surface area contributed by atoms with Crippen molar-refractivity contribution in [2.24, 2.45) is 5.92 Å². The monoisotopic (exact) mass is 384 g/mol. The number of hydrogen-bond acceptors (Lipinski definition) is 4. The van der Waals surface area contributed by atoms with E-state index < -0.39 is 0 Å². The fourth-order valence-electron chi connectivity index (χ4n) is 4.19. The lowest BCUT2D eigenvalue weighted by molar-refractivity contribution is -0.135. The summed E-state index contributed by atoms with van der Waals surface area (Å²) in [5.74, 6) is 1.01. The third kappa shape index (κ3) is 3.51. The van der Waals surface area contributed by atoms with Crippen LogP contribution in [-0.4, -0.2) is 64.0 Å². The van der Waals surface area contributed by atoms with Crippen LogP contribution < -0.4 is 0 Å². The number of imidazole rings is 1. The number of fused-ring (bicyclic) bond motifs is 1. The zero-order valence-electron chi connectivity index (χ0n) is 16.6. The van der Waals surface area contributed by atoms with Gasteiger partial charge in [-0.2, -0.15) is 0 Å². The van der Waals surface area contributed by atoms with E-state index in [1.165, 1.54) is 0 Å². The third-order valence-electron chi connectivity index (χ3n) is 5.67. The van der Waals surface area contributed by atoms with Crippen molar-refractivity contribution < 1.29 is 14.3 Å². The van der Waals surface area contributed by atoms with Crippen molar-refractivity contribution in [1.29, 1.82) is 0 Å². The lowest BCUT2D eigenvalue weighted by Gasteiger charge is -2.29. The molecule has 0 saturated carbocycles. The number of rotatable bonds is 4. The Hall–Kier alpha value is -2.41. The molecule has 0 aliphatic carbocycles. The molecule has 2 amide bonds. The molecule has 2 fully saturated rings. The van der Waals surface area contributed by atoms with Gasteiger partial charge in [0, 0.05) is 25.6 Å². The summed E-state index contributed by atoms with van der Waals surface area (Å²) in [7, 11) is 0. The summed E-state index contributed by atoms with van der Waals surface area (Å²) in [6.45, 7) is 7.29. The normalized spacial score (nSPS) is 20.3. The predicted molar refractivity (Wildman–Crippen MR) is 106 cm³/mol. The van der Waals surface area contributed by atoms with E-state index in [9.17, 15) is 9.59 Å². The Morgan fingerprint density at radius 2 is 1.93 bits per heavy atom. The zero-order valence-corrected chi connectivity index (χ0v) is 16.6. The van der Waals surface area contributed by atoms with Crippen LogP contribution in [0.15, 0.2) is 24.3 Å². The molecule has 3 heterocycles. The van der Waals surface area contributed by atoms with Crippen molar-refractivity contribution in [3.63, 3.8) is 0 Å². The molecular weight excluding hydrogens is 356 g/mol. The Balaban J connectivity index is 1.69. The van der Waals surface area contributed by atoms with Crippen LogP contribution in [0.25, 0.3) is 11.0 Å². The molecule has 1 atom stereocenters. The molecule has 0 spiro atoms. The van der Waals surface area contributed by atoms with Gasteiger partial charge in [0.2, 0.25) is 11.8 Å². The van der Waals surface area contributed by atoms with Gasteiger partial charge in [0.1, 0.15) is 12.4 Å². The highest BCUT2D eigenvalue weighted by Crippen LogP contribution is 2.34. The van der Waals surface area contributed by atoms with Gasteiger partial charge in [0.25, 0.3) is 0 Å². The van der Waals surface area contributed by atoms with Crippen LogP contribution in [0.2, 0.25) is 0 Å². The number of nitrogens with zero attached hydrogens (tertiary/aromatic N) is 4. The third-order valence-corrected chi connectivity index (χ3v) is 5.67. The summed E-state index contributed by atoms with van der Waals surface area (Å²) in [4.78, 5) is 34.3. The van der Waals surface area contributed by atoms with E-state index in [1.807, 2.05) is 52.5 Å². The first-order valence-electron chi connectivity index (χ1n) is 10.2. The minimum atomic E-state index is -0.0696. The van der Waals surface area contributed by atoms with Gasteiger partial charge in [-0.1, -0.05) is 26.0 Å². The molecule has 0 unspecified atom stereocenters. The molecule has 150 valence electrons. The average molecular weight is 384 g/mol. The van der Waals surface area contributed by atoms with Crippen LogP contribution in [0.5, 0.6) is 0 Å². The van der Waals surface area contributed by atoms with Crippen molar-refractivity contribution in [1.82, 2.24) is 19.4 Å². The molecule has 0 bridgehead atoms. The Kier molecular flexibility index (Phi) is 5.35. The van der Waals surface area contributed by atoms with Gasteiger partial charge in [-0.05, 0) is 25.0 Å². The van der Waals surface area contributed by atoms with Crippen molar-refractivity contribution >= 4 is 22.8 Å². The largest absolute Gasteiger partial charge is 0.378 e. The summed E-state index contributed by atoms with van der Waals surface area (Å²) in [5.41, 5.74) is 1.82. The number of ether oxygens (including phenoxy) is 1. The van der Waals surface area contributed by atoms with E-state index in [2.05, 4.69) is 0 Å². The Labute approximate surface area is 165 Å². The molecule has 1 aromatic carbocycles. The number of morpholine rings is 1. The Morgan fingerprint density at radius 1 is 1.18 bits per heavy atom. The van der Waals surface area contributed by atoms with Gasteiger partial charge in [0.05, 0.1) is 30.3 Å². The SMILES string of the molecule is CC(C)C(=O)N1CCC[C@H]1c1nc2ccccc2n1CC(=O)N1CCOCC1. The first-order chi connectivity index (χ1) is 13.6. The Morgan fingerprint density at radius 3 is 2.68 bits per heavy atom. The van der Waals surface area contributed by atoms with Crippen molar-refractivity contribution in [2.45, 2.75) is 39.3 Å². The number of benzene rings is 1. The maximum atomic E-state index is 12.9. The van der Waals surface area contributed by atoms with Gasteiger partial charge in [0.15, 0.2) is 0 Å². The van der Waals surface area contributed by atoms with E-state index in [4.69, 9.17) is 9.72 Å². The lowest BCUT2D eigenvalue weighted by atomic mass is 10.1. The summed E-state index contributed by atoms with van der Waals surface area (Å²) in [5, 5.41) is 0. The van der Waals surface area contributed by atoms with Gasteiger partial charge in [-0.15, -0.1) is 0 Å². The summed E-state index contributed by atoms with van der Waals surface area (Å²) in [6.07, 6.45) is 1.84. The lowest BCUT2D eigenvalue weighted by Crippen LogP contribution is -2.42. The van der Waals surface area contributed by atoms with E-state index in [0.717, 1.165) is 36.2 Å². The van der Waals surface area contributed by atoms with E-state index in [0.29, 0.717) is 26.3 Å². The number of likely N-dealkylation sites (tertiary alicyclic amines) is 1. The van der Waals surface area contributed by atoms with Crippen LogP contribution in [0.4, 0.5) is 0 Å². The second-order valence-corrected chi connectivity index (χ2v) is 7.88. The number of amides is 2. The number of hydrogen-bond donors (Lipinski definition) is 0. The molecule has 4 rings (SSSR count). The smallest absolute Gasteiger partial charge is 0.242 e. The van der Waals surface area contributed by atoms with Crippen molar-refractivity contribution in [3.8, 4) is 0 Å². The molecule has 0 radical (unpaired) electrons. The summed E-state index contributed by atoms with van der Waals surface area (Å²) < 4.78 is 7.38. The molecule has 7 heteroatoms. The minimum absolute atomic E-state index is 0.0478. The second kappa shape index (κ2) is 7.91.